The Morgan fingerprint density at radius 2 is 2.00 bits per heavy atom. The number of halogens is 3. The maximum absolute atomic E-state index is 12.5. The molecule has 0 aliphatic rings. The molecule has 0 radical (unpaired) electrons. The standard InChI is InChI=1S/C10H9F3O4/c1-17-4-6-2-5(9(15)16)3-7(8(6)14)10(11,12)13/h2-3,14H,4H2,1H3,(H,15,16). The number of rotatable bonds is 3. The van der Waals surface area contributed by atoms with E-state index < -0.39 is 29.0 Å². The van der Waals surface area contributed by atoms with E-state index in [-0.39, 0.29) is 12.2 Å². The number of benzene rings is 1. The zero-order chi connectivity index (χ0) is 13.2. The first-order valence-electron chi connectivity index (χ1n) is 4.42. The topological polar surface area (TPSA) is 66.8 Å². The number of hydrogen-bond donors (Lipinski definition) is 2. The molecular formula is C10H9F3O4. The Balaban J connectivity index is 3.43. The monoisotopic (exact) mass is 250 g/mol. The van der Waals surface area contributed by atoms with Gasteiger partial charge in [0.05, 0.1) is 17.7 Å². The van der Waals surface area contributed by atoms with Crippen molar-refractivity contribution >= 4 is 5.97 Å². The fraction of sp³-hybridized carbons (Fsp3) is 0.300. The summed E-state index contributed by atoms with van der Waals surface area (Å²) in [5.41, 5.74) is -2.16. The minimum Gasteiger partial charge on any atom is -0.507 e. The third kappa shape index (κ3) is 2.88. The molecule has 0 unspecified atom stereocenters. The van der Waals surface area contributed by atoms with Crippen molar-refractivity contribution in [2.24, 2.45) is 0 Å². The van der Waals surface area contributed by atoms with E-state index in [1.165, 1.54) is 7.11 Å². The van der Waals surface area contributed by atoms with Crippen molar-refractivity contribution in [2.45, 2.75) is 12.8 Å². The highest BCUT2D eigenvalue weighted by molar-refractivity contribution is 5.88. The van der Waals surface area contributed by atoms with Crippen LogP contribution in [-0.2, 0) is 17.5 Å². The van der Waals surface area contributed by atoms with E-state index in [1.54, 1.807) is 0 Å². The molecule has 0 spiro atoms. The van der Waals surface area contributed by atoms with Crippen molar-refractivity contribution in [3.8, 4) is 5.75 Å². The Morgan fingerprint density at radius 1 is 1.41 bits per heavy atom. The molecule has 0 bridgehead atoms. The van der Waals surface area contributed by atoms with Crippen LogP contribution in [0.3, 0.4) is 0 Å². The van der Waals surface area contributed by atoms with E-state index in [9.17, 15) is 23.1 Å². The van der Waals surface area contributed by atoms with E-state index in [2.05, 4.69) is 4.74 Å². The molecule has 0 aliphatic heterocycles. The first kappa shape index (κ1) is 13.3. The number of aromatic hydroxyl groups is 1. The summed E-state index contributed by atoms with van der Waals surface area (Å²) < 4.78 is 42.1. The minimum atomic E-state index is -4.82. The predicted molar refractivity (Wildman–Crippen MR) is 50.8 cm³/mol. The molecule has 0 aromatic heterocycles. The molecule has 0 atom stereocenters. The van der Waals surface area contributed by atoms with Crippen molar-refractivity contribution < 1.29 is 32.9 Å². The van der Waals surface area contributed by atoms with Gasteiger partial charge in [0, 0.05) is 12.7 Å². The molecule has 1 aromatic carbocycles. The number of alkyl halides is 3. The highest BCUT2D eigenvalue weighted by Gasteiger charge is 2.35. The average molecular weight is 250 g/mol. The Morgan fingerprint density at radius 3 is 2.41 bits per heavy atom. The summed E-state index contributed by atoms with van der Waals surface area (Å²) in [6, 6.07) is 1.33. The van der Waals surface area contributed by atoms with Crippen molar-refractivity contribution in [1.82, 2.24) is 0 Å². The van der Waals surface area contributed by atoms with E-state index in [0.717, 1.165) is 6.07 Å². The number of hydrogen-bond acceptors (Lipinski definition) is 3. The lowest BCUT2D eigenvalue weighted by atomic mass is 10.0. The highest BCUT2D eigenvalue weighted by Crippen LogP contribution is 2.38. The summed E-state index contributed by atoms with van der Waals surface area (Å²) in [4.78, 5) is 10.7. The quantitative estimate of drug-likeness (QED) is 0.863. The summed E-state index contributed by atoms with van der Waals surface area (Å²) in [5.74, 6) is -2.52. The number of carbonyl (C=O) groups is 1. The number of aromatic carboxylic acids is 1. The van der Waals surface area contributed by atoms with Crippen LogP contribution in [0.4, 0.5) is 13.2 Å². The molecule has 7 heteroatoms. The first-order valence-corrected chi connectivity index (χ1v) is 4.42. The molecule has 17 heavy (non-hydrogen) atoms. The van der Waals surface area contributed by atoms with Gasteiger partial charge in [-0.25, -0.2) is 4.79 Å². The summed E-state index contributed by atoms with van der Waals surface area (Å²) in [6.07, 6.45) is -4.82. The van der Waals surface area contributed by atoms with Gasteiger partial charge in [0.2, 0.25) is 0 Å². The van der Waals surface area contributed by atoms with Gasteiger partial charge in [0.1, 0.15) is 5.75 Å². The van der Waals surface area contributed by atoms with Crippen molar-refractivity contribution in [3.05, 3.63) is 28.8 Å². The van der Waals surface area contributed by atoms with Crippen LogP contribution < -0.4 is 0 Å². The molecule has 4 nitrogen and oxygen atoms in total. The van der Waals surface area contributed by atoms with Crippen LogP contribution in [0.5, 0.6) is 5.75 Å². The molecule has 1 aromatic rings. The van der Waals surface area contributed by atoms with Gasteiger partial charge in [0.25, 0.3) is 0 Å². The largest absolute Gasteiger partial charge is 0.507 e. The summed E-state index contributed by atoms with van der Waals surface area (Å²) in [5, 5.41) is 18.0. The Hall–Kier alpha value is -1.76. The maximum atomic E-state index is 12.5. The number of ether oxygens (including phenoxy) is 1. The minimum absolute atomic E-state index is 0.222. The zero-order valence-electron chi connectivity index (χ0n) is 8.71. The lowest BCUT2D eigenvalue weighted by Crippen LogP contribution is -2.10. The second kappa shape index (κ2) is 4.62. The van der Waals surface area contributed by atoms with Crippen molar-refractivity contribution in [3.63, 3.8) is 0 Å². The van der Waals surface area contributed by atoms with Crippen LogP contribution in [0.2, 0.25) is 0 Å². The lowest BCUT2D eigenvalue weighted by Gasteiger charge is -2.13. The third-order valence-corrected chi connectivity index (χ3v) is 2.04. The van der Waals surface area contributed by atoms with Crippen LogP contribution in [0.15, 0.2) is 12.1 Å². The Labute approximate surface area is 94.3 Å². The molecule has 94 valence electrons. The zero-order valence-corrected chi connectivity index (χ0v) is 8.71. The molecule has 0 fully saturated rings. The van der Waals surface area contributed by atoms with E-state index >= 15 is 0 Å². The molecule has 1 rings (SSSR count). The number of carboxylic acid groups (broad SMARTS) is 1. The fourth-order valence-electron chi connectivity index (χ4n) is 1.30. The summed E-state index contributed by atoms with van der Waals surface area (Å²) in [6.45, 7) is -0.309. The molecule has 2 N–H and O–H groups in total. The van der Waals surface area contributed by atoms with Crippen LogP contribution in [0.25, 0.3) is 0 Å². The number of phenolic OH excluding ortho intramolecular Hbond substituents is 1. The second-order valence-corrected chi connectivity index (χ2v) is 3.27. The van der Waals surface area contributed by atoms with Gasteiger partial charge in [-0.05, 0) is 12.1 Å². The van der Waals surface area contributed by atoms with Gasteiger partial charge >= 0.3 is 12.1 Å². The van der Waals surface area contributed by atoms with Crippen LogP contribution >= 0.6 is 0 Å². The number of methoxy groups -OCH3 is 1. The van der Waals surface area contributed by atoms with Crippen LogP contribution in [-0.4, -0.2) is 23.3 Å². The molecular weight excluding hydrogens is 241 g/mol. The molecule has 0 saturated heterocycles. The van der Waals surface area contributed by atoms with Gasteiger partial charge in [-0.15, -0.1) is 0 Å². The molecule has 0 aliphatic carbocycles. The normalized spacial score (nSPS) is 11.5. The van der Waals surface area contributed by atoms with Crippen LogP contribution in [0, 0.1) is 0 Å². The van der Waals surface area contributed by atoms with E-state index in [0.29, 0.717) is 6.07 Å². The second-order valence-electron chi connectivity index (χ2n) is 3.27. The third-order valence-electron chi connectivity index (χ3n) is 2.04. The predicted octanol–water partition coefficient (Wildman–Crippen LogP) is 2.26. The van der Waals surface area contributed by atoms with Gasteiger partial charge in [-0.1, -0.05) is 0 Å². The average Bonchev–Trinajstić information content (AvgIpc) is 2.19. The number of phenols is 1. The van der Waals surface area contributed by atoms with Gasteiger partial charge in [-0.3, -0.25) is 0 Å². The SMILES string of the molecule is COCc1cc(C(=O)O)cc(C(F)(F)F)c1O. The van der Waals surface area contributed by atoms with Gasteiger partial charge in [0.15, 0.2) is 0 Å². The van der Waals surface area contributed by atoms with E-state index in [4.69, 9.17) is 5.11 Å². The van der Waals surface area contributed by atoms with E-state index in [1.807, 2.05) is 0 Å². The molecule has 0 amide bonds. The summed E-state index contributed by atoms with van der Waals surface area (Å²) in [7, 11) is 1.22. The van der Waals surface area contributed by atoms with Gasteiger partial charge < -0.3 is 14.9 Å². The smallest absolute Gasteiger partial charge is 0.419 e. The lowest BCUT2D eigenvalue weighted by molar-refractivity contribution is -0.138. The first-order chi connectivity index (χ1) is 7.77. The molecule has 0 heterocycles. The van der Waals surface area contributed by atoms with Gasteiger partial charge in [-0.2, -0.15) is 13.2 Å². The molecule has 0 saturated carbocycles. The Bertz CT molecular complexity index is 440. The Kier molecular flexibility index (Phi) is 3.62. The van der Waals surface area contributed by atoms with Crippen molar-refractivity contribution in [2.75, 3.05) is 7.11 Å². The summed E-state index contributed by atoms with van der Waals surface area (Å²) >= 11 is 0. The fourth-order valence-corrected chi connectivity index (χ4v) is 1.30. The van der Waals surface area contributed by atoms with Crippen molar-refractivity contribution in [1.29, 1.82) is 0 Å². The highest BCUT2D eigenvalue weighted by atomic mass is 19.4. The van der Waals surface area contributed by atoms with Crippen LogP contribution in [0.1, 0.15) is 21.5 Å². The maximum Gasteiger partial charge on any atom is 0.419 e. The number of carboxylic acids is 1.